The number of nitrogens with one attached hydrogen (secondary N) is 2. The zero-order chi connectivity index (χ0) is 27.4. The molecule has 2 aliphatic rings. The van der Waals surface area contributed by atoms with E-state index < -0.39 is 15.8 Å². The van der Waals surface area contributed by atoms with Crippen molar-refractivity contribution in [2.75, 3.05) is 13.6 Å². The highest BCUT2D eigenvalue weighted by Crippen LogP contribution is 2.35. The molecule has 2 N–H and O–H groups in total. The van der Waals surface area contributed by atoms with E-state index in [1.807, 2.05) is 30.7 Å². The summed E-state index contributed by atoms with van der Waals surface area (Å²) in [5.41, 5.74) is 2.52. The first kappa shape index (κ1) is 31.1. The average Bonchev–Trinajstić information content (AvgIpc) is 2.91. The van der Waals surface area contributed by atoms with Crippen LogP contribution in [0.25, 0.3) is 0 Å². The van der Waals surface area contributed by atoms with Gasteiger partial charge in [-0.25, -0.2) is 21.9 Å². The Bertz CT molecular complexity index is 1080. The Hall–Kier alpha value is -2.09. The van der Waals surface area contributed by atoms with Crippen molar-refractivity contribution in [1.29, 1.82) is 0 Å². The fraction of sp³-hybridized carbons (Fsp3) is 0.533. The Morgan fingerprint density at radius 2 is 1.70 bits per heavy atom. The molecule has 2 aromatic rings. The number of sulfonamides is 1. The molecule has 37 heavy (non-hydrogen) atoms. The number of hydrogen-bond acceptors (Lipinski definition) is 3. The molecule has 1 fully saturated rings. The lowest BCUT2D eigenvalue weighted by molar-refractivity contribution is 0.262. The molecule has 2 atom stereocenters. The average molecular weight is 535 g/mol. The summed E-state index contributed by atoms with van der Waals surface area (Å²) in [4.78, 5) is -0.326. The van der Waals surface area contributed by atoms with Gasteiger partial charge in [0.05, 0.1) is 0 Å². The largest absolute Gasteiger partial charge is 0.313 e. The van der Waals surface area contributed by atoms with E-state index in [2.05, 4.69) is 18.8 Å². The van der Waals surface area contributed by atoms with Crippen molar-refractivity contribution in [1.82, 2.24) is 10.0 Å². The van der Waals surface area contributed by atoms with Crippen LogP contribution in [0.15, 0.2) is 60.0 Å². The van der Waals surface area contributed by atoms with E-state index in [9.17, 15) is 17.2 Å². The standard InChI is InChI=1S/C21H30FN.C7H8FNO2S.C2H6/c1-3-4-20-19-11-10-18(22)13-17(19)9-12-21(20)23-14-16-7-5-15(2)6-8-16;1-9-12(10,11)7-5-3-2-4-6(7)8;1-2/h3,10-11,13,15-16,20-21,23H,1,4-9,12,14H2,2H3;2-5,9H,1H3;1-2H3. The van der Waals surface area contributed by atoms with Gasteiger partial charge in [-0.15, -0.1) is 6.58 Å². The number of rotatable bonds is 7. The highest BCUT2D eigenvalue weighted by Gasteiger charge is 2.29. The van der Waals surface area contributed by atoms with Crippen LogP contribution in [-0.2, 0) is 16.4 Å². The third-order valence-corrected chi connectivity index (χ3v) is 8.78. The van der Waals surface area contributed by atoms with Gasteiger partial charge in [0, 0.05) is 12.0 Å². The highest BCUT2D eigenvalue weighted by atomic mass is 32.2. The van der Waals surface area contributed by atoms with E-state index in [4.69, 9.17) is 0 Å². The minimum atomic E-state index is -3.65. The van der Waals surface area contributed by atoms with Gasteiger partial charge in [0.2, 0.25) is 10.0 Å². The molecule has 0 radical (unpaired) electrons. The van der Waals surface area contributed by atoms with E-state index >= 15 is 0 Å². The van der Waals surface area contributed by atoms with Gasteiger partial charge in [0.15, 0.2) is 0 Å². The number of aryl methyl sites for hydroxylation is 1. The third kappa shape index (κ3) is 9.01. The van der Waals surface area contributed by atoms with Crippen molar-refractivity contribution in [3.63, 3.8) is 0 Å². The minimum absolute atomic E-state index is 0.108. The van der Waals surface area contributed by atoms with Gasteiger partial charge in [0.1, 0.15) is 16.5 Å². The predicted molar refractivity (Wildman–Crippen MR) is 149 cm³/mol. The summed E-state index contributed by atoms with van der Waals surface area (Å²) in [6.07, 6.45) is 10.6. The third-order valence-electron chi connectivity index (χ3n) is 7.33. The van der Waals surface area contributed by atoms with Crippen LogP contribution in [0.2, 0.25) is 0 Å². The minimum Gasteiger partial charge on any atom is -0.313 e. The first-order valence-corrected chi connectivity index (χ1v) is 15.0. The fourth-order valence-corrected chi connectivity index (χ4v) is 6.02. The van der Waals surface area contributed by atoms with E-state index in [1.54, 1.807) is 12.1 Å². The summed E-state index contributed by atoms with van der Waals surface area (Å²) < 4.78 is 50.5. The Labute approximate surface area is 223 Å². The van der Waals surface area contributed by atoms with Gasteiger partial charge >= 0.3 is 0 Å². The van der Waals surface area contributed by atoms with Crippen molar-refractivity contribution in [2.24, 2.45) is 11.8 Å². The molecule has 0 heterocycles. The Kier molecular flexibility index (Phi) is 12.9. The van der Waals surface area contributed by atoms with Crippen LogP contribution in [0.5, 0.6) is 0 Å². The maximum atomic E-state index is 13.5. The quantitative estimate of drug-likeness (QED) is 0.377. The first-order chi connectivity index (χ1) is 17.7. The molecule has 2 unspecified atom stereocenters. The molecule has 0 saturated heterocycles. The molecule has 4 rings (SSSR count). The Morgan fingerprint density at radius 1 is 1.03 bits per heavy atom. The van der Waals surface area contributed by atoms with Crippen molar-refractivity contribution in [2.45, 2.75) is 82.6 Å². The molecular formula is C30H44F2N2O2S. The lowest BCUT2D eigenvalue weighted by Gasteiger charge is -2.36. The number of fused-ring (bicyclic) bond motifs is 1. The number of benzene rings is 2. The normalized spacial score (nSPS) is 23.0. The van der Waals surface area contributed by atoms with Crippen LogP contribution in [0.4, 0.5) is 8.78 Å². The molecule has 206 valence electrons. The molecule has 0 amide bonds. The van der Waals surface area contributed by atoms with Crippen molar-refractivity contribution < 1.29 is 17.2 Å². The molecule has 0 bridgehead atoms. The van der Waals surface area contributed by atoms with E-state index in [0.29, 0.717) is 12.0 Å². The molecule has 4 nitrogen and oxygen atoms in total. The van der Waals surface area contributed by atoms with Crippen LogP contribution in [0, 0.1) is 23.5 Å². The summed E-state index contributed by atoms with van der Waals surface area (Å²) >= 11 is 0. The maximum absolute atomic E-state index is 13.5. The van der Waals surface area contributed by atoms with Crippen LogP contribution in [0.1, 0.15) is 76.3 Å². The molecule has 0 aliphatic heterocycles. The SMILES string of the molecule is C=CCC1c2ccc(F)cc2CCC1NCC1CCC(C)CC1.CC.CNS(=O)(=O)c1ccccc1F. The zero-order valence-corrected chi connectivity index (χ0v) is 23.6. The predicted octanol–water partition coefficient (Wildman–Crippen LogP) is 6.98. The van der Waals surface area contributed by atoms with Gasteiger partial charge in [0.25, 0.3) is 0 Å². The van der Waals surface area contributed by atoms with Gasteiger partial charge in [-0.3, -0.25) is 0 Å². The lowest BCUT2D eigenvalue weighted by Crippen LogP contribution is -2.41. The second-order valence-electron chi connectivity index (χ2n) is 9.79. The molecule has 7 heteroatoms. The Morgan fingerprint density at radius 3 is 2.32 bits per heavy atom. The molecule has 2 aromatic carbocycles. The summed E-state index contributed by atoms with van der Waals surface area (Å²) in [5, 5.41) is 3.86. The second kappa shape index (κ2) is 15.4. The van der Waals surface area contributed by atoms with Gasteiger partial charge < -0.3 is 5.32 Å². The van der Waals surface area contributed by atoms with Crippen molar-refractivity contribution >= 4 is 10.0 Å². The summed E-state index contributed by atoms with van der Waals surface area (Å²) in [5.74, 6) is 1.34. The van der Waals surface area contributed by atoms with Crippen LogP contribution >= 0.6 is 0 Å². The molecule has 0 spiro atoms. The van der Waals surface area contributed by atoms with Crippen LogP contribution in [0.3, 0.4) is 0 Å². The number of allylic oxidation sites excluding steroid dienone is 1. The summed E-state index contributed by atoms with van der Waals surface area (Å²) in [6.45, 7) is 11.5. The van der Waals surface area contributed by atoms with Crippen molar-refractivity contribution in [3.8, 4) is 0 Å². The summed E-state index contributed by atoms with van der Waals surface area (Å²) in [7, 11) is -2.42. The lowest BCUT2D eigenvalue weighted by atomic mass is 9.77. The van der Waals surface area contributed by atoms with E-state index in [0.717, 1.165) is 43.7 Å². The van der Waals surface area contributed by atoms with E-state index in [1.165, 1.54) is 62.1 Å². The fourth-order valence-electron chi connectivity index (χ4n) is 5.22. The monoisotopic (exact) mass is 534 g/mol. The van der Waals surface area contributed by atoms with Crippen molar-refractivity contribution in [3.05, 3.63) is 77.9 Å². The molecule has 2 aliphatic carbocycles. The van der Waals surface area contributed by atoms with Gasteiger partial charge in [-0.2, -0.15) is 0 Å². The summed E-state index contributed by atoms with van der Waals surface area (Å²) in [6, 6.07) is 11.0. The van der Waals surface area contributed by atoms with E-state index in [-0.39, 0.29) is 10.7 Å². The highest BCUT2D eigenvalue weighted by molar-refractivity contribution is 7.89. The maximum Gasteiger partial charge on any atom is 0.243 e. The zero-order valence-electron chi connectivity index (χ0n) is 22.8. The Balaban J connectivity index is 0.000000291. The topological polar surface area (TPSA) is 58.2 Å². The smallest absolute Gasteiger partial charge is 0.243 e. The molecule has 1 saturated carbocycles. The second-order valence-corrected chi connectivity index (χ2v) is 11.6. The van der Waals surface area contributed by atoms with Gasteiger partial charge in [-0.1, -0.05) is 57.9 Å². The molecular weight excluding hydrogens is 490 g/mol. The van der Waals surface area contributed by atoms with Crippen LogP contribution < -0.4 is 10.0 Å². The molecule has 0 aromatic heterocycles. The van der Waals surface area contributed by atoms with Crippen LogP contribution in [-0.4, -0.2) is 28.1 Å². The number of halogens is 2. The number of hydrogen-bond donors (Lipinski definition) is 2. The van der Waals surface area contributed by atoms with Gasteiger partial charge in [-0.05, 0) is 92.9 Å². The first-order valence-electron chi connectivity index (χ1n) is 13.6.